The lowest BCUT2D eigenvalue weighted by molar-refractivity contribution is 0.0248. The van der Waals surface area contributed by atoms with Gasteiger partial charge in [-0.05, 0) is 42.8 Å². The van der Waals surface area contributed by atoms with E-state index in [1.165, 1.54) is 0 Å². The van der Waals surface area contributed by atoms with Crippen molar-refractivity contribution in [1.29, 1.82) is 0 Å². The first kappa shape index (κ1) is 15.2. The molecule has 0 aliphatic carbocycles. The topological polar surface area (TPSA) is 53.4 Å². The Morgan fingerprint density at radius 2 is 2.23 bits per heavy atom. The molecule has 4 nitrogen and oxygen atoms in total. The van der Waals surface area contributed by atoms with E-state index in [1.807, 2.05) is 43.5 Å². The van der Waals surface area contributed by atoms with Crippen molar-refractivity contribution in [2.45, 2.75) is 26.4 Å². The minimum Gasteiger partial charge on any atom is -0.391 e. The van der Waals surface area contributed by atoms with Crippen LogP contribution in [0, 0.1) is 12.8 Å². The van der Waals surface area contributed by atoms with E-state index in [0.29, 0.717) is 18.7 Å². The Balaban J connectivity index is 1.81. The van der Waals surface area contributed by atoms with Crippen molar-refractivity contribution in [2.75, 3.05) is 13.1 Å². The molecule has 0 spiro atoms. The van der Waals surface area contributed by atoms with Gasteiger partial charge in [0.1, 0.15) is 0 Å². The number of amides is 1. The van der Waals surface area contributed by atoms with Crippen LogP contribution in [0.2, 0.25) is 0 Å². The summed E-state index contributed by atoms with van der Waals surface area (Å²) in [5.41, 5.74) is 2.27. The zero-order valence-corrected chi connectivity index (χ0v) is 13.6. The first-order valence-corrected chi connectivity index (χ1v) is 8.43. The number of piperidine rings is 1. The molecule has 1 amide bonds. The highest BCUT2D eigenvalue weighted by atomic mass is 32.1. The Hall–Kier alpha value is -1.72. The monoisotopic (exact) mass is 316 g/mol. The number of β-amino-alcohol motifs (C(OH)–C–C–N with tert-alkyl or cyclic N) is 1. The SMILES string of the molecule is Cc1nc(-c2cccs2)ccc1C(=O)N1CCC(C)C(O)C1. The van der Waals surface area contributed by atoms with Gasteiger partial charge in [-0.1, -0.05) is 13.0 Å². The Morgan fingerprint density at radius 1 is 1.41 bits per heavy atom. The third-order valence-electron chi connectivity index (χ3n) is 4.30. The van der Waals surface area contributed by atoms with Crippen molar-refractivity contribution >= 4 is 17.2 Å². The molecular formula is C17H20N2O2S. The van der Waals surface area contributed by atoms with Gasteiger partial charge in [-0.25, -0.2) is 0 Å². The summed E-state index contributed by atoms with van der Waals surface area (Å²) in [6.07, 6.45) is 0.406. The maximum absolute atomic E-state index is 12.6. The van der Waals surface area contributed by atoms with Crippen LogP contribution in [0.3, 0.4) is 0 Å². The Labute approximate surface area is 134 Å². The first-order chi connectivity index (χ1) is 10.6. The fourth-order valence-corrected chi connectivity index (χ4v) is 3.45. The molecule has 1 aliphatic heterocycles. The van der Waals surface area contributed by atoms with Crippen LogP contribution in [-0.2, 0) is 0 Å². The molecular weight excluding hydrogens is 296 g/mol. The summed E-state index contributed by atoms with van der Waals surface area (Å²) >= 11 is 1.64. The van der Waals surface area contributed by atoms with E-state index in [4.69, 9.17) is 0 Å². The molecule has 3 rings (SSSR count). The number of nitrogens with zero attached hydrogens (tertiary/aromatic N) is 2. The lowest BCUT2D eigenvalue weighted by Crippen LogP contribution is -2.46. The van der Waals surface area contributed by atoms with Gasteiger partial charge in [0.15, 0.2) is 0 Å². The molecule has 5 heteroatoms. The molecule has 1 fully saturated rings. The van der Waals surface area contributed by atoms with Gasteiger partial charge in [0.25, 0.3) is 5.91 Å². The Morgan fingerprint density at radius 3 is 2.86 bits per heavy atom. The van der Waals surface area contributed by atoms with E-state index in [0.717, 1.165) is 22.7 Å². The molecule has 1 saturated heterocycles. The number of aliphatic hydroxyl groups excluding tert-OH is 1. The number of rotatable bonds is 2. The summed E-state index contributed by atoms with van der Waals surface area (Å²) in [5.74, 6) is 0.221. The summed E-state index contributed by atoms with van der Waals surface area (Å²) in [6, 6.07) is 7.77. The van der Waals surface area contributed by atoms with Crippen molar-refractivity contribution in [1.82, 2.24) is 9.88 Å². The van der Waals surface area contributed by atoms with Crippen LogP contribution in [0.25, 0.3) is 10.6 Å². The quantitative estimate of drug-likeness (QED) is 0.927. The van der Waals surface area contributed by atoms with Crippen LogP contribution in [0.15, 0.2) is 29.6 Å². The van der Waals surface area contributed by atoms with Gasteiger partial charge in [0, 0.05) is 13.1 Å². The number of pyridine rings is 1. The average Bonchev–Trinajstić information content (AvgIpc) is 3.03. The van der Waals surface area contributed by atoms with Crippen LogP contribution in [0.4, 0.5) is 0 Å². The second-order valence-electron chi connectivity index (χ2n) is 5.89. The number of aromatic nitrogens is 1. The third kappa shape index (κ3) is 2.91. The van der Waals surface area contributed by atoms with E-state index in [-0.39, 0.29) is 11.8 Å². The van der Waals surface area contributed by atoms with Gasteiger partial charge >= 0.3 is 0 Å². The van der Waals surface area contributed by atoms with Gasteiger partial charge in [0.2, 0.25) is 0 Å². The highest BCUT2D eigenvalue weighted by Gasteiger charge is 2.28. The molecule has 3 heterocycles. The van der Waals surface area contributed by atoms with E-state index in [9.17, 15) is 9.90 Å². The predicted octanol–water partition coefficient (Wildman–Crippen LogP) is 2.96. The van der Waals surface area contributed by atoms with Gasteiger partial charge in [-0.15, -0.1) is 11.3 Å². The summed E-state index contributed by atoms with van der Waals surface area (Å²) in [7, 11) is 0. The van der Waals surface area contributed by atoms with Crippen molar-refractivity contribution in [3.8, 4) is 10.6 Å². The molecule has 22 heavy (non-hydrogen) atoms. The van der Waals surface area contributed by atoms with Crippen molar-refractivity contribution < 1.29 is 9.90 Å². The summed E-state index contributed by atoms with van der Waals surface area (Å²) in [5, 5.41) is 12.0. The highest BCUT2D eigenvalue weighted by molar-refractivity contribution is 7.13. The molecule has 0 aromatic carbocycles. The molecule has 2 unspecified atom stereocenters. The number of aryl methyl sites for hydroxylation is 1. The molecule has 1 aliphatic rings. The molecule has 2 aromatic heterocycles. The maximum atomic E-state index is 12.6. The van der Waals surface area contributed by atoms with Gasteiger partial charge in [-0.2, -0.15) is 0 Å². The summed E-state index contributed by atoms with van der Waals surface area (Å²) in [6.45, 7) is 5.00. The van der Waals surface area contributed by atoms with Crippen molar-refractivity contribution in [3.63, 3.8) is 0 Å². The lowest BCUT2D eigenvalue weighted by Gasteiger charge is -2.34. The lowest BCUT2D eigenvalue weighted by atomic mass is 9.95. The number of aliphatic hydroxyl groups is 1. The number of hydrogen-bond acceptors (Lipinski definition) is 4. The molecule has 0 radical (unpaired) electrons. The zero-order valence-electron chi connectivity index (χ0n) is 12.8. The zero-order chi connectivity index (χ0) is 15.7. The van der Waals surface area contributed by atoms with E-state index in [2.05, 4.69) is 4.98 Å². The van der Waals surface area contributed by atoms with Crippen LogP contribution < -0.4 is 0 Å². The van der Waals surface area contributed by atoms with Crippen molar-refractivity contribution in [2.24, 2.45) is 5.92 Å². The molecule has 2 aromatic rings. The summed E-state index contributed by atoms with van der Waals surface area (Å²) in [4.78, 5) is 20.1. The first-order valence-electron chi connectivity index (χ1n) is 7.55. The van der Waals surface area contributed by atoms with Crippen LogP contribution in [0.5, 0.6) is 0 Å². The highest BCUT2D eigenvalue weighted by Crippen LogP contribution is 2.25. The molecule has 2 atom stereocenters. The van der Waals surface area contributed by atoms with Crippen LogP contribution >= 0.6 is 11.3 Å². The maximum Gasteiger partial charge on any atom is 0.255 e. The van der Waals surface area contributed by atoms with Crippen LogP contribution in [-0.4, -0.2) is 40.1 Å². The van der Waals surface area contributed by atoms with E-state index in [1.54, 1.807) is 16.2 Å². The standard InChI is InChI=1S/C17H20N2O2S/c1-11-7-8-19(10-15(11)20)17(21)13-5-6-14(18-12(13)2)16-4-3-9-22-16/h3-6,9,11,15,20H,7-8,10H2,1-2H3. The number of hydrogen-bond donors (Lipinski definition) is 1. The second-order valence-corrected chi connectivity index (χ2v) is 6.84. The summed E-state index contributed by atoms with van der Waals surface area (Å²) < 4.78 is 0. The van der Waals surface area contributed by atoms with E-state index < -0.39 is 6.10 Å². The minimum atomic E-state index is -0.434. The molecule has 0 bridgehead atoms. The van der Waals surface area contributed by atoms with E-state index >= 15 is 0 Å². The van der Waals surface area contributed by atoms with Gasteiger partial charge in [-0.3, -0.25) is 9.78 Å². The minimum absolute atomic E-state index is 0.0336. The number of carbonyl (C=O) groups excluding carboxylic acids is 1. The Bertz CT molecular complexity index is 669. The largest absolute Gasteiger partial charge is 0.391 e. The molecule has 1 N–H and O–H groups in total. The number of thiophene rings is 1. The fourth-order valence-electron chi connectivity index (χ4n) is 2.75. The van der Waals surface area contributed by atoms with Gasteiger partial charge in [0.05, 0.1) is 27.9 Å². The van der Waals surface area contributed by atoms with Gasteiger partial charge < -0.3 is 10.0 Å². The average molecular weight is 316 g/mol. The molecule has 116 valence electrons. The normalized spacial score (nSPS) is 21.9. The Kier molecular flexibility index (Phi) is 4.27. The fraction of sp³-hybridized carbons (Fsp3) is 0.412. The van der Waals surface area contributed by atoms with Crippen molar-refractivity contribution in [3.05, 3.63) is 40.9 Å². The predicted molar refractivity (Wildman–Crippen MR) is 88.0 cm³/mol. The smallest absolute Gasteiger partial charge is 0.255 e. The molecule has 0 saturated carbocycles. The second kappa shape index (κ2) is 6.18. The number of carbonyl (C=O) groups is 1. The van der Waals surface area contributed by atoms with Crippen LogP contribution in [0.1, 0.15) is 29.4 Å². The number of likely N-dealkylation sites (tertiary alicyclic amines) is 1. The third-order valence-corrected chi connectivity index (χ3v) is 5.19.